The van der Waals surface area contributed by atoms with Crippen LogP contribution in [0.4, 0.5) is 30.6 Å². The number of carbonyl (C=O) groups is 1. The molecule has 0 atom stereocenters. The summed E-state index contributed by atoms with van der Waals surface area (Å²) in [4.78, 5) is 31.4. The Balaban J connectivity index is 1.16. The van der Waals surface area contributed by atoms with E-state index in [4.69, 9.17) is 25.8 Å². The molecule has 2 aliphatic carbocycles. The molecule has 0 radical (unpaired) electrons. The minimum Gasteiger partial charge on any atom is -0.481 e. The summed E-state index contributed by atoms with van der Waals surface area (Å²) < 4.78 is 48.1. The van der Waals surface area contributed by atoms with Gasteiger partial charge in [0.1, 0.15) is 11.3 Å². The number of carbonyl (C=O) groups excluding carboxylic acids is 1. The van der Waals surface area contributed by atoms with Crippen LogP contribution in [0, 0.1) is 23.2 Å². The number of alkyl halides is 3. The van der Waals surface area contributed by atoms with E-state index < -0.39 is 12.8 Å². The van der Waals surface area contributed by atoms with E-state index >= 15 is 0 Å². The number of halogens is 3. The average molecular weight is 729 g/mol. The van der Waals surface area contributed by atoms with Gasteiger partial charge in [-0.3, -0.25) is 9.69 Å². The van der Waals surface area contributed by atoms with Gasteiger partial charge in [-0.2, -0.15) is 18.2 Å². The van der Waals surface area contributed by atoms with Crippen molar-refractivity contribution in [2.45, 2.75) is 70.0 Å². The number of likely N-dealkylation sites (tertiary alicyclic amines) is 2. The number of nitrogens with two attached hydrogens (primary N) is 1. The zero-order valence-electron chi connectivity index (χ0n) is 30.3. The third-order valence-electron chi connectivity index (χ3n) is 13.0. The van der Waals surface area contributed by atoms with Crippen LogP contribution in [0.2, 0.25) is 0 Å². The van der Waals surface area contributed by atoms with E-state index in [1.165, 1.54) is 31.6 Å². The van der Waals surface area contributed by atoms with E-state index in [0.717, 1.165) is 63.0 Å². The fourth-order valence-electron chi connectivity index (χ4n) is 9.59. The van der Waals surface area contributed by atoms with Crippen molar-refractivity contribution < 1.29 is 22.7 Å². The summed E-state index contributed by atoms with van der Waals surface area (Å²) in [7, 11) is 0. The molecule has 6 fully saturated rings. The lowest BCUT2D eigenvalue weighted by molar-refractivity contribution is -0.153. The first-order valence-electron chi connectivity index (χ1n) is 19.0. The van der Waals surface area contributed by atoms with Gasteiger partial charge in [0, 0.05) is 92.2 Å². The quantitative estimate of drug-likeness (QED) is 0.150. The Bertz CT molecular complexity index is 2000. The summed E-state index contributed by atoms with van der Waals surface area (Å²) in [5, 5.41) is 8.98. The number of nitrogens with one attached hydrogen (secondary N) is 1. The number of anilines is 3. The van der Waals surface area contributed by atoms with Gasteiger partial charge in [-0.25, -0.2) is 4.98 Å². The molecule has 4 aliphatic heterocycles. The van der Waals surface area contributed by atoms with Crippen molar-refractivity contribution >= 4 is 40.5 Å². The second-order valence-electron chi connectivity index (χ2n) is 16.7. The Morgan fingerprint density at radius 3 is 2.34 bits per heavy atom. The van der Waals surface area contributed by atoms with Crippen LogP contribution in [-0.2, 0) is 4.79 Å². The minimum atomic E-state index is -4.59. The van der Waals surface area contributed by atoms with Gasteiger partial charge < -0.3 is 30.6 Å². The van der Waals surface area contributed by atoms with E-state index in [-0.39, 0.29) is 23.0 Å². The number of fused-ring (bicyclic) bond motifs is 1. The normalized spacial score (nSPS) is 22.3. The first kappa shape index (κ1) is 34.4. The van der Waals surface area contributed by atoms with E-state index in [1.807, 2.05) is 17.9 Å². The van der Waals surface area contributed by atoms with Crippen molar-refractivity contribution in [2.75, 3.05) is 74.5 Å². The molecule has 3 N–H and O–H groups in total. The second kappa shape index (κ2) is 12.3. The van der Waals surface area contributed by atoms with E-state index in [1.54, 1.807) is 6.07 Å². The lowest BCUT2D eigenvalue weighted by Gasteiger charge is -2.61. The van der Waals surface area contributed by atoms with Gasteiger partial charge in [0.25, 0.3) is 0 Å². The highest BCUT2D eigenvalue weighted by molar-refractivity contribution is 6.05. The molecule has 2 spiro atoms. The molecule has 1 aromatic heterocycles. The SMILES string of the molecule is C=CC(=O)N1CC2(CCN(c3nc(N4CC(N5CC6(CCC6)C5)C4)nc4c(OCC(F)(F)F)c(-c5c(C)ccc(N)c5C=N)c(C5CC5)cc34)CC2)C1. The number of benzene rings is 2. The number of hydrogen-bond donors (Lipinski definition) is 2. The van der Waals surface area contributed by atoms with E-state index in [0.29, 0.717) is 82.7 Å². The summed E-state index contributed by atoms with van der Waals surface area (Å²) in [5.41, 5.74) is 11.0. The van der Waals surface area contributed by atoms with Gasteiger partial charge >= 0.3 is 6.18 Å². The lowest BCUT2D eigenvalue weighted by atomic mass is 9.63. The summed E-state index contributed by atoms with van der Waals surface area (Å²) in [5.74, 6) is 1.35. The number of ether oxygens (including phenoxy) is 1. The molecule has 2 aromatic carbocycles. The van der Waals surface area contributed by atoms with Crippen LogP contribution >= 0.6 is 0 Å². The number of nitrogen functional groups attached to an aromatic ring is 1. The van der Waals surface area contributed by atoms with Crippen LogP contribution in [0.1, 0.15) is 67.6 Å². The maximum Gasteiger partial charge on any atom is 0.422 e. The topological polar surface area (TPSA) is 115 Å². The molecule has 0 unspecified atom stereocenters. The molecule has 2 saturated carbocycles. The number of piperidine rings is 1. The van der Waals surface area contributed by atoms with Crippen LogP contribution in [0.15, 0.2) is 30.9 Å². The molecule has 13 heteroatoms. The van der Waals surface area contributed by atoms with Crippen LogP contribution in [0.25, 0.3) is 22.0 Å². The number of nitrogens with zero attached hydrogens (tertiary/aromatic N) is 6. The fraction of sp³-hybridized carbons (Fsp3) is 0.550. The van der Waals surface area contributed by atoms with Crippen LogP contribution in [0.3, 0.4) is 0 Å². The molecule has 6 aliphatic rings. The highest BCUT2D eigenvalue weighted by Gasteiger charge is 2.51. The Morgan fingerprint density at radius 1 is 1.04 bits per heavy atom. The summed E-state index contributed by atoms with van der Waals surface area (Å²) in [6.07, 6.45) is 5.44. The second-order valence-corrected chi connectivity index (χ2v) is 16.7. The zero-order valence-corrected chi connectivity index (χ0v) is 30.3. The van der Waals surface area contributed by atoms with Gasteiger partial charge in [0.05, 0.1) is 0 Å². The molecule has 5 heterocycles. The Morgan fingerprint density at radius 2 is 1.74 bits per heavy atom. The van der Waals surface area contributed by atoms with Gasteiger partial charge in [-0.15, -0.1) is 0 Å². The molecule has 280 valence electrons. The predicted molar refractivity (Wildman–Crippen MR) is 200 cm³/mol. The predicted octanol–water partition coefficient (Wildman–Crippen LogP) is 6.29. The van der Waals surface area contributed by atoms with E-state index in [2.05, 4.69) is 27.3 Å². The van der Waals surface area contributed by atoms with Crippen LogP contribution in [0.5, 0.6) is 5.75 Å². The lowest BCUT2D eigenvalue weighted by Crippen LogP contribution is -2.70. The standard InChI is InChI=1S/C40H47F3N8O2/c1-3-31(52)51-21-39(22-51)11-13-48(14-12-39)36-28-15-27(25-6-7-25)33(32-24(2)5-8-30(45)29(32)16-44)35(53-23-40(41,42)43)34(28)46-37(47-36)49-17-26(18-49)50-19-38(20-50)9-4-10-38/h3,5,8,15-16,25-26,44H,1,4,6-7,9-14,17-23,45H2,2H3. The number of aromatic nitrogens is 2. The third-order valence-corrected chi connectivity index (χ3v) is 13.0. The highest BCUT2D eigenvalue weighted by atomic mass is 19.4. The van der Waals surface area contributed by atoms with Crippen molar-refractivity contribution in [1.29, 1.82) is 5.41 Å². The Hall–Kier alpha value is -4.39. The largest absolute Gasteiger partial charge is 0.481 e. The molecule has 9 rings (SSSR count). The van der Waals surface area contributed by atoms with Crippen LogP contribution in [-0.4, -0.2) is 103 Å². The highest BCUT2D eigenvalue weighted by Crippen LogP contribution is 2.54. The molecule has 0 bridgehead atoms. The fourth-order valence-corrected chi connectivity index (χ4v) is 9.59. The monoisotopic (exact) mass is 728 g/mol. The smallest absolute Gasteiger partial charge is 0.422 e. The van der Waals surface area contributed by atoms with Crippen LogP contribution < -0.4 is 20.3 Å². The van der Waals surface area contributed by atoms with Crippen molar-refractivity contribution in [3.8, 4) is 16.9 Å². The molecule has 53 heavy (non-hydrogen) atoms. The van der Waals surface area contributed by atoms with Crippen molar-refractivity contribution in [2.24, 2.45) is 10.8 Å². The number of amides is 1. The molecule has 10 nitrogen and oxygen atoms in total. The molecule has 4 saturated heterocycles. The molecular weight excluding hydrogens is 681 g/mol. The summed E-state index contributed by atoms with van der Waals surface area (Å²) >= 11 is 0. The third kappa shape index (κ3) is 5.90. The Labute approximate surface area is 307 Å². The number of aryl methyl sites for hydroxylation is 1. The number of hydrogen-bond acceptors (Lipinski definition) is 9. The maximum absolute atomic E-state index is 14.1. The minimum absolute atomic E-state index is 0.0434. The van der Waals surface area contributed by atoms with Gasteiger partial charge in [-0.05, 0) is 91.7 Å². The number of rotatable bonds is 9. The average Bonchev–Trinajstić information content (AvgIpc) is 3.91. The van der Waals surface area contributed by atoms with Crippen molar-refractivity contribution in [3.63, 3.8) is 0 Å². The first-order valence-corrected chi connectivity index (χ1v) is 19.0. The molecule has 1 amide bonds. The van der Waals surface area contributed by atoms with Crippen molar-refractivity contribution in [1.82, 2.24) is 19.8 Å². The van der Waals surface area contributed by atoms with Gasteiger partial charge in [0.15, 0.2) is 12.4 Å². The first-order chi connectivity index (χ1) is 25.4. The van der Waals surface area contributed by atoms with Gasteiger partial charge in [-0.1, -0.05) is 19.1 Å². The van der Waals surface area contributed by atoms with E-state index in [9.17, 15) is 18.0 Å². The van der Waals surface area contributed by atoms with Crippen molar-refractivity contribution in [3.05, 3.63) is 47.5 Å². The maximum atomic E-state index is 14.1. The molecule has 3 aromatic rings. The summed E-state index contributed by atoms with van der Waals surface area (Å²) in [6, 6.07) is 6.06. The Kier molecular flexibility index (Phi) is 8.00. The zero-order chi connectivity index (χ0) is 36.9. The van der Waals surface area contributed by atoms with Gasteiger partial charge in [0.2, 0.25) is 11.9 Å². The molecular formula is C40H47F3N8O2. The summed E-state index contributed by atoms with van der Waals surface area (Å²) in [6.45, 7) is 10.7.